The van der Waals surface area contributed by atoms with Gasteiger partial charge in [0.1, 0.15) is 17.5 Å². The van der Waals surface area contributed by atoms with Crippen LogP contribution in [0.4, 0.5) is 5.69 Å². The van der Waals surface area contributed by atoms with Crippen LogP contribution in [0, 0.1) is 11.8 Å². The maximum atomic E-state index is 13.3. The average molecular weight is 455 g/mol. The number of rotatable bonds is 8. The smallest absolute Gasteiger partial charge is 0.247 e. The van der Waals surface area contributed by atoms with E-state index in [1.54, 1.807) is 23.9 Å². The first-order valence-electron chi connectivity index (χ1n) is 10.0. The first kappa shape index (κ1) is 22.7. The number of hydrogen-bond acceptors (Lipinski definition) is 6. The molecular weight excluding hydrogens is 428 g/mol. The van der Waals surface area contributed by atoms with Crippen molar-refractivity contribution in [2.75, 3.05) is 31.5 Å². The van der Waals surface area contributed by atoms with Crippen molar-refractivity contribution >= 4 is 46.8 Å². The van der Waals surface area contributed by atoms with Gasteiger partial charge in [-0.2, -0.15) is 11.8 Å². The van der Waals surface area contributed by atoms with Crippen LogP contribution in [0.1, 0.15) is 32.1 Å². The van der Waals surface area contributed by atoms with Crippen LogP contribution in [0.25, 0.3) is 0 Å². The predicted octanol–water partition coefficient (Wildman–Crippen LogP) is 3.59. The molecule has 2 aliphatic rings. The number of halogens is 1. The zero-order chi connectivity index (χ0) is 21.8. The van der Waals surface area contributed by atoms with Crippen molar-refractivity contribution < 1.29 is 23.9 Å². The van der Waals surface area contributed by atoms with Crippen molar-refractivity contribution in [1.82, 2.24) is 4.90 Å². The molecule has 1 N–H and O–H groups in total. The van der Waals surface area contributed by atoms with Crippen LogP contribution in [-0.2, 0) is 14.4 Å². The van der Waals surface area contributed by atoms with E-state index in [2.05, 4.69) is 5.32 Å². The van der Waals surface area contributed by atoms with Crippen LogP contribution in [0.2, 0.25) is 5.02 Å². The summed E-state index contributed by atoms with van der Waals surface area (Å²) < 4.78 is 10.6. The molecule has 1 aromatic rings. The molecule has 1 saturated heterocycles. The van der Waals surface area contributed by atoms with Crippen LogP contribution < -0.4 is 14.8 Å². The number of hydrogen-bond donors (Lipinski definition) is 1. The fourth-order valence-corrected chi connectivity index (χ4v) is 4.97. The highest BCUT2D eigenvalue weighted by molar-refractivity contribution is 7.98. The Kier molecular flexibility index (Phi) is 7.52. The zero-order valence-electron chi connectivity index (χ0n) is 17.4. The van der Waals surface area contributed by atoms with Gasteiger partial charge in [0.25, 0.3) is 0 Å². The maximum Gasteiger partial charge on any atom is 0.247 e. The normalized spacial score (nSPS) is 21.9. The van der Waals surface area contributed by atoms with Gasteiger partial charge in [0.15, 0.2) is 0 Å². The quantitative estimate of drug-likeness (QED) is 0.604. The molecule has 164 valence electrons. The third-order valence-corrected chi connectivity index (χ3v) is 6.76. The Morgan fingerprint density at radius 1 is 1.17 bits per heavy atom. The second kappa shape index (κ2) is 9.92. The third-order valence-electron chi connectivity index (χ3n) is 5.82. The number of anilines is 1. The van der Waals surface area contributed by atoms with Gasteiger partial charge in [0.2, 0.25) is 17.7 Å². The molecule has 30 heavy (non-hydrogen) atoms. The number of nitrogens with one attached hydrogen (secondary N) is 1. The lowest BCUT2D eigenvalue weighted by Crippen LogP contribution is -2.48. The Morgan fingerprint density at radius 3 is 2.30 bits per heavy atom. The van der Waals surface area contributed by atoms with Gasteiger partial charge < -0.3 is 14.8 Å². The molecule has 0 unspecified atom stereocenters. The van der Waals surface area contributed by atoms with Gasteiger partial charge in [-0.1, -0.05) is 24.4 Å². The number of carbonyl (C=O) groups is 3. The Labute approximate surface area is 185 Å². The van der Waals surface area contributed by atoms with Crippen molar-refractivity contribution in [2.24, 2.45) is 11.8 Å². The van der Waals surface area contributed by atoms with E-state index >= 15 is 0 Å². The molecule has 1 aliphatic heterocycles. The standard InChI is InChI=1S/C21H27ClN2O5S/c1-28-17-11-15(18(29-2)10-14(17)22)23-19(25)16(8-9-30-3)24-20(26)12-6-4-5-7-13(12)21(24)27/h10-13,16H,4-9H2,1-3H3,(H,23,25)/t12-,13-,16-/m0/s1. The predicted molar refractivity (Wildman–Crippen MR) is 117 cm³/mol. The molecule has 1 aromatic carbocycles. The van der Waals surface area contributed by atoms with Crippen molar-refractivity contribution in [3.63, 3.8) is 0 Å². The zero-order valence-corrected chi connectivity index (χ0v) is 19.0. The van der Waals surface area contributed by atoms with E-state index in [1.165, 1.54) is 19.1 Å². The number of ether oxygens (including phenoxy) is 2. The summed E-state index contributed by atoms with van der Waals surface area (Å²) in [6, 6.07) is 2.25. The van der Waals surface area contributed by atoms with E-state index in [4.69, 9.17) is 21.1 Å². The summed E-state index contributed by atoms with van der Waals surface area (Å²) in [5.74, 6) is -0.0449. The summed E-state index contributed by atoms with van der Waals surface area (Å²) in [4.78, 5) is 40.5. The topological polar surface area (TPSA) is 84.9 Å². The molecule has 2 fully saturated rings. The van der Waals surface area contributed by atoms with Gasteiger partial charge in [-0.3, -0.25) is 19.3 Å². The highest BCUT2D eigenvalue weighted by Crippen LogP contribution is 2.40. The third kappa shape index (κ3) is 4.39. The summed E-state index contributed by atoms with van der Waals surface area (Å²) in [6.45, 7) is 0. The van der Waals surface area contributed by atoms with Gasteiger partial charge in [0.05, 0.1) is 36.8 Å². The Hall–Kier alpha value is -1.93. The SMILES string of the molecule is COc1cc(NC(=O)[C@H](CCSC)N2C(=O)[C@H]3CCCC[C@@H]3C2=O)c(OC)cc1Cl. The average Bonchev–Trinajstić information content (AvgIpc) is 3.00. The second-order valence-corrected chi connectivity index (χ2v) is 8.91. The summed E-state index contributed by atoms with van der Waals surface area (Å²) in [5.41, 5.74) is 0.370. The Morgan fingerprint density at radius 2 is 1.77 bits per heavy atom. The molecule has 7 nitrogen and oxygen atoms in total. The number of methoxy groups -OCH3 is 2. The molecule has 3 amide bonds. The molecule has 0 bridgehead atoms. The van der Waals surface area contributed by atoms with Gasteiger partial charge >= 0.3 is 0 Å². The van der Waals surface area contributed by atoms with Crippen molar-refractivity contribution in [3.8, 4) is 11.5 Å². The maximum absolute atomic E-state index is 13.3. The van der Waals surface area contributed by atoms with Crippen molar-refractivity contribution in [2.45, 2.75) is 38.1 Å². The van der Waals surface area contributed by atoms with Gasteiger partial charge in [-0.15, -0.1) is 0 Å². The number of imide groups is 1. The number of carbonyl (C=O) groups excluding carboxylic acids is 3. The van der Waals surface area contributed by atoms with Crippen LogP contribution in [-0.4, -0.2) is 54.9 Å². The van der Waals surface area contributed by atoms with Crippen molar-refractivity contribution in [1.29, 1.82) is 0 Å². The van der Waals surface area contributed by atoms with E-state index in [0.29, 0.717) is 47.2 Å². The largest absolute Gasteiger partial charge is 0.495 e. The van der Waals surface area contributed by atoms with Crippen molar-refractivity contribution in [3.05, 3.63) is 17.2 Å². The lowest BCUT2D eigenvalue weighted by Gasteiger charge is -2.26. The lowest BCUT2D eigenvalue weighted by atomic mass is 9.81. The van der Waals surface area contributed by atoms with Crippen LogP contribution in [0.3, 0.4) is 0 Å². The van der Waals surface area contributed by atoms with Crippen LogP contribution >= 0.6 is 23.4 Å². The monoisotopic (exact) mass is 454 g/mol. The van der Waals surface area contributed by atoms with E-state index in [0.717, 1.165) is 12.8 Å². The van der Waals surface area contributed by atoms with Crippen LogP contribution in [0.15, 0.2) is 12.1 Å². The molecule has 0 spiro atoms. The minimum atomic E-state index is -0.866. The summed E-state index contributed by atoms with van der Waals surface area (Å²) in [7, 11) is 2.95. The molecule has 3 atom stereocenters. The molecule has 9 heteroatoms. The first-order valence-corrected chi connectivity index (χ1v) is 11.8. The van der Waals surface area contributed by atoms with E-state index < -0.39 is 11.9 Å². The lowest BCUT2D eigenvalue weighted by molar-refractivity contribution is -0.146. The molecule has 0 aromatic heterocycles. The Bertz CT molecular complexity index is 810. The molecule has 0 radical (unpaired) electrons. The Balaban J connectivity index is 1.88. The minimum Gasteiger partial charge on any atom is -0.495 e. The van der Waals surface area contributed by atoms with Crippen LogP contribution in [0.5, 0.6) is 11.5 Å². The highest BCUT2D eigenvalue weighted by Gasteiger charge is 2.51. The molecule has 1 heterocycles. The second-order valence-electron chi connectivity index (χ2n) is 7.52. The number of likely N-dealkylation sites (tertiary alicyclic amines) is 1. The number of benzene rings is 1. The van der Waals surface area contributed by atoms with Gasteiger partial charge in [0, 0.05) is 12.1 Å². The number of nitrogens with zero attached hydrogens (tertiary/aromatic N) is 1. The van der Waals surface area contributed by atoms with Gasteiger partial charge in [-0.25, -0.2) is 0 Å². The fourth-order valence-electron chi connectivity index (χ4n) is 4.28. The van der Waals surface area contributed by atoms with E-state index in [1.807, 2.05) is 6.26 Å². The molecular formula is C21H27ClN2O5S. The number of fused-ring (bicyclic) bond motifs is 1. The minimum absolute atomic E-state index is 0.216. The summed E-state index contributed by atoms with van der Waals surface area (Å²) in [5, 5.41) is 3.16. The number of amides is 3. The summed E-state index contributed by atoms with van der Waals surface area (Å²) in [6.07, 6.45) is 5.62. The summed E-state index contributed by atoms with van der Waals surface area (Å²) >= 11 is 7.71. The highest BCUT2D eigenvalue weighted by atomic mass is 35.5. The van der Waals surface area contributed by atoms with Gasteiger partial charge in [-0.05, 0) is 31.3 Å². The van der Waals surface area contributed by atoms with E-state index in [-0.39, 0.29) is 23.7 Å². The fraction of sp³-hybridized carbons (Fsp3) is 0.571. The number of thioether (sulfide) groups is 1. The van der Waals surface area contributed by atoms with E-state index in [9.17, 15) is 14.4 Å². The molecule has 1 saturated carbocycles. The molecule has 1 aliphatic carbocycles. The molecule has 3 rings (SSSR count). The first-order chi connectivity index (χ1) is 14.4.